The minimum absolute atomic E-state index is 0.0807. The van der Waals surface area contributed by atoms with Gasteiger partial charge in [0.15, 0.2) is 34.5 Å². The van der Waals surface area contributed by atoms with E-state index in [1.54, 1.807) is 28.3 Å². The van der Waals surface area contributed by atoms with E-state index in [0.29, 0.717) is 78.4 Å². The predicted octanol–water partition coefficient (Wildman–Crippen LogP) is 6.99. The highest BCUT2D eigenvalue weighted by Gasteiger charge is 2.44. The summed E-state index contributed by atoms with van der Waals surface area (Å²) < 4.78 is 38.4. The van der Waals surface area contributed by atoms with Crippen LogP contribution in [0.15, 0.2) is 60.7 Å². The molecule has 10 nitrogen and oxygen atoms in total. The third kappa shape index (κ3) is 6.93. The molecule has 8 rings (SSSR count). The zero-order valence-corrected chi connectivity index (χ0v) is 32.5. The summed E-state index contributed by atoms with van der Waals surface area (Å²) in [6.45, 7) is 5.86. The fourth-order valence-electron chi connectivity index (χ4n) is 8.44. The Morgan fingerprint density at radius 3 is 2.30 bits per heavy atom. The quantitative estimate of drug-likeness (QED) is 0.133. The molecule has 4 heterocycles. The maximum Gasteiger partial charge on any atom is 0.204 e. The lowest BCUT2D eigenvalue weighted by atomic mass is 9.85. The molecule has 4 atom stereocenters. The monoisotopic (exact) mass is 736 g/mol. The van der Waals surface area contributed by atoms with Gasteiger partial charge in [0.1, 0.15) is 17.8 Å². The Hall–Kier alpha value is -4.93. The first-order valence-electron chi connectivity index (χ1n) is 19.0. The summed E-state index contributed by atoms with van der Waals surface area (Å²) >= 11 is 0. The maximum absolute atomic E-state index is 12.6. The highest BCUT2D eigenvalue weighted by molar-refractivity contribution is 5.69. The minimum Gasteiger partial charge on any atom is -0.544 e. The molecule has 54 heavy (non-hydrogen) atoms. The molecular formula is C44H52N2O8. The van der Waals surface area contributed by atoms with E-state index in [1.807, 2.05) is 25.2 Å². The van der Waals surface area contributed by atoms with Crippen molar-refractivity contribution in [1.29, 1.82) is 0 Å². The number of rotatable bonds is 9. The third-order valence-electron chi connectivity index (χ3n) is 11.9. The van der Waals surface area contributed by atoms with Crippen LogP contribution in [0.2, 0.25) is 0 Å². The van der Waals surface area contributed by atoms with Gasteiger partial charge in [0.05, 0.1) is 47.5 Å². The molecule has 0 aromatic heterocycles. The molecular weight excluding hydrogens is 684 g/mol. The topological polar surface area (TPSA) is 98.8 Å². The number of hydrogen-bond donors (Lipinski definition) is 0. The second-order valence-corrected chi connectivity index (χ2v) is 15.0. The van der Waals surface area contributed by atoms with Crippen LogP contribution in [0.25, 0.3) is 0 Å². The number of methoxy groups -OCH3 is 3. The number of likely N-dealkylation sites (N-methyl/N-ethyl adjacent to an activating group) is 2. The van der Waals surface area contributed by atoms with Crippen LogP contribution in [0.4, 0.5) is 0 Å². The van der Waals surface area contributed by atoms with Crippen molar-refractivity contribution < 1.29 is 42.8 Å². The standard InChI is InChI=1S/C44H52N2O8/c1-8-9-20-52-42-40(51-7)25-31-16-18-45(3)34-21-29-12-15-36(49-5)38(23-29)53-32-13-10-28(11-14-32)22-35-33-26-39(54-43(42)41(31)34)37(50-6)24-30(33)17-19-46(35,4)27(2)44(47)48/h10-15,23-27,34-35H,8-9,16-22H2,1-7H3. The lowest BCUT2D eigenvalue weighted by Gasteiger charge is -2.50. The number of hydrogen-bond acceptors (Lipinski definition) is 9. The Labute approximate surface area is 318 Å². The summed E-state index contributed by atoms with van der Waals surface area (Å²) in [5.74, 6) is 3.79. The van der Waals surface area contributed by atoms with Gasteiger partial charge in [0, 0.05) is 36.6 Å². The molecule has 0 radical (unpaired) electrons. The number of carboxylic acids is 1. The van der Waals surface area contributed by atoms with Crippen molar-refractivity contribution in [2.75, 3.05) is 55.1 Å². The van der Waals surface area contributed by atoms with Crippen molar-refractivity contribution in [2.45, 2.75) is 70.5 Å². The molecule has 0 saturated heterocycles. The third-order valence-corrected chi connectivity index (χ3v) is 11.9. The Balaban J connectivity index is 1.49. The lowest BCUT2D eigenvalue weighted by Crippen LogP contribution is -2.62. The van der Waals surface area contributed by atoms with Crippen LogP contribution >= 0.6 is 0 Å². The van der Waals surface area contributed by atoms with Gasteiger partial charge in [0.2, 0.25) is 5.75 Å². The first-order chi connectivity index (χ1) is 26.1. The number of fused-ring (bicyclic) bond motifs is 2. The van der Waals surface area contributed by atoms with Crippen LogP contribution in [0.3, 0.4) is 0 Å². The van der Waals surface area contributed by atoms with E-state index < -0.39 is 12.0 Å². The zero-order chi connectivity index (χ0) is 38.1. The number of carboxylic acid groups (broad SMARTS) is 1. The second kappa shape index (κ2) is 15.4. The SMILES string of the molecule is CCCCOc1c(OC)cc2c3c1Oc1cc4c(cc1OC)CC[N+](C)(C(C)C(=O)[O-])C4Cc1ccc(cc1)Oc1cc(ccc1OC)CC3N(C)CC2. The highest BCUT2D eigenvalue weighted by Crippen LogP contribution is 2.52. The number of carbonyl (C=O) groups excluding carboxylic acids is 1. The van der Waals surface area contributed by atoms with Gasteiger partial charge in [-0.3, -0.25) is 4.90 Å². The van der Waals surface area contributed by atoms with Gasteiger partial charge in [-0.2, -0.15) is 0 Å². The minimum atomic E-state index is -1.07. The Bertz CT molecular complexity index is 2010. The maximum atomic E-state index is 12.6. The number of ether oxygens (including phenoxy) is 6. The molecule has 4 aromatic rings. The molecule has 4 aromatic carbocycles. The number of quaternary nitrogens is 1. The predicted molar refractivity (Wildman–Crippen MR) is 204 cm³/mol. The molecule has 286 valence electrons. The van der Waals surface area contributed by atoms with Crippen LogP contribution < -0.4 is 33.5 Å². The number of benzene rings is 4. The first kappa shape index (κ1) is 37.4. The molecule has 0 aliphatic carbocycles. The summed E-state index contributed by atoms with van der Waals surface area (Å²) in [4.78, 5) is 14.9. The number of aliphatic carboxylic acids is 1. The molecule has 6 bridgehead atoms. The van der Waals surface area contributed by atoms with Gasteiger partial charge in [-0.1, -0.05) is 31.5 Å². The summed E-state index contributed by atoms with van der Waals surface area (Å²) in [5, 5.41) is 12.6. The number of nitrogens with zero attached hydrogens (tertiary/aromatic N) is 2. The molecule has 0 fully saturated rings. The highest BCUT2D eigenvalue weighted by atomic mass is 16.6. The normalized spacial score (nSPS) is 21.0. The smallest absolute Gasteiger partial charge is 0.204 e. The van der Waals surface area contributed by atoms with Crippen LogP contribution in [0, 0.1) is 0 Å². The first-order valence-corrected chi connectivity index (χ1v) is 19.0. The number of carbonyl (C=O) groups is 1. The van der Waals surface area contributed by atoms with E-state index in [2.05, 4.69) is 61.3 Å². The van der Waals surface area contributed by atoms with Crippen molar-refractivity contribution >= 4 is 5.97 Å². The fraction of sp³-hybridized carbons (Fsp3) is 0.432. The van der Waals surface area contributed by atoms with E-state index in [-0.39, 0.29) is 16.6 Å². The van der Waals surface area contributed by atoms with Gasteiger partial charge in [-0.15, -0.1) is 0 Å². The van der Waals surface area contributed by atoms with E-state index in [1.165, 1.54) is 0 Å². The van der Waals surface area contributed by atoms with Crippen LogP contribution in [-0.4, -0.2) is 76.5 Å². The lowest BCUT2D eigenvalue weighted by molar-refractivity contribution is -0.956. The number of unbranched alkanes of at least 4 members (excludes halogenated alkanes) is 1. The van der Waals surface area contributed by atoms with Crippen molar-refractivity contribution in [3.63, 3.8) is 0 Å². The van der Waals surface area contributed by atoms with Gasteiger partial charge in [-0.05, 0) is 98.0 Å². The molecule has 0 spiro atoms. The van der Waals surface area contributed by atoms with Crippen LogP contribution in [0.5, 0.6) is 46.0 Å². The Kier molecular flexibility index (Phi) is 10.7. The van der Waals surface area contributed by atoms with Gasteiger partial charge in [0.25, 0.3) is 0 Å². The Morgan fingerprint density at radius 2 is 1.59 bits per heavy atom. The van der Waals surface area contributed by atoms with Crippen molar-refractivity contribution in [3.05, 3.63) is 94.0 Å². The molecule has 0 N–H and O–H groups in total. The molecule has 4 aliphatic rings. The van der Waals surface area contributed by atoms with Crippen LogP contribution in [-0.2, 0) is 30.5 Å². The zero-order valence-electron chi connectivity index (χ0n) is 32.5. The van der Waals surface area contributed by atoms with Crippen molar-refractivity contribution in [2.24, 2.45) is 0 Å². The fourth-order valence-corrected chi connectivity index (χ4v) is 8.44. The van der Waals surface area contributed by atoms with Gasteiger partial charge < -0.3 is 42.8 Å². The van der Waals surface area contributed by atoms with Crippen LogP contribution in [0.1, 0.15) is 72.2 Å². The van der Waals surface area contributed by atoms with Crippen molar-refractivity contribution in [1.82, 2.24) is 4.90 Å². The molecule has 10 heteroatoms. The largest absolute Gasteiger partial charge is 0.544 e. The van der Waals surface area contributed by atoms with Gasteiger partial charge in [-0.25, -0.2) is 0 Å². The van der Waals surface area contributed by atoms with E-state index in [4.69, 9.17) is 28.4 Å². The molecule has 0 saturated carbocycles. The van der Waals surface area contributed by atoms with E-state index in [9.17, 15) is 9.90 Å². The van der Waals surface area contributed by atoms with E-state index >= 15 is 0 Å². The molecule has 4 unspecified atom stereocenters. The summed E-state index contributed by atoms with van der Waals surface area (Å²) in [6.07, 6.45) is 4.57. The second-order valence-electron chi connectivity index (χ2n) is 15.0. The molecule has 0 amide bonds. The Morgan fingerprint density at radius 1 is 0.889 bits per heavy atom. The molecule has 4 aliphatic heterocycles. The van der Waals surface area contributed by atoms with Crippen molar-refractivity contribution in [3.8, 4) is 46.0 Å². The summed E-state index contributed by atoms with van der Waals surface area (Å²) in [6, 6.07) is 19.3. The van der Waals surface area contributed by atoms with Gasteiger partial charge >= 0.3 is 0 Å². The average molecular weight is 737 g/mol. The summed E-state index contributed by atoms with van der Waals surface area (Å²) in [7, 11) is 9.15. The van der Waals surface area contributed by atoms with E-state index in [0.717, 1.165) is 59.2 Å². The summed E-state index contributed by atoms with van der Waals surface area (Å²) in [5.41, 5.74) is 6.43. The average Bonchev–Trinajstić information content (AvgIpc) is 3.17.